The Bertz CT molecular complexity index is 661. The standard InChI is InChI=1S/C14H16N/c1-11-8-9-14(15(3)10-11)13-7-5-4-6-12(13)2/h4-10H,1-3H3/q+1/i1D3,6D,10D. The van der Waals surface area contributed by atoms with E-state index in [2.05, 4.69) is 0 Å². The second-order valence-electron chi connectivity index (χ2n) is 3.51. The molecule has 0 fully saturated rings. The molecule has 1 heterocycles. The zero-order valence-corrected chi connectivity index (χ0v) is 8.83. The minimum atomic E-state index is -2.29. The van der Waals surface area contributed by atoms with Gasteiger partial charge in [-0.15, -0.1) is 0 Å². The molecule has 0 bridgehead atoms. The fourth-order valence-electron chi connectivity index (χ4n) is 1.62. The van der Waals surface area contributed by atoms with E-state index in [1.54, 1.807) is 29.8 Å². The van der Waals surface area contributed by atoms with E-state index in [9.17, 15) is 0 Å². The average molecular weight is 203 g/mol. The highest BCUT2D eigenvalue weighted by atomic mass is 14.9. The summed E-state index contributed by atoms with van der Waals surface area (Å²) in [5.74, 6) is 0. The molecule has 2 aromatic rings. The maximum Gasteiger partial charge on any atom is 0.212 e. The number of hydrogen-bond acceptors (Lipinski definition) is 0. The monoisotopic (exact) mass is 203 g/mol. The highest BCUT2D eigenvalue weighted by Gasteiger charge is 2.10. The molecule has 1 nitrogen and oxygen atoms in total. The Hall–Kier alpha value is -1.63. The van der Waals surface area contributed by atoms with Crippen molar-refractivity contribution in [3.8, 4) is 11.3 Å². The highest BCUT2D eigenvalue weighted by Crippen LogP contribution is 2.19. The van der Waals surface area contributed by atoms with E-state index in [-0.39, 0.29) is 11.7 Å². The normalized spacial score (nSPS) is 16.0. The second-order valence-corrected chi connectivity index (χ2v) is 3.51. The molecule has 0 spiro atoms. The zero-order valence-electron chi connectivity index (χ0n) is 13.8. The molecule has 0 aliphatic carbocycles. The Morgan fingerprint density at radius 2 is 2.13 bits per heavy atom. The Balaban J connectivity index is 2.66. The fourth-order valence-corrected chi connectivity index (χ4v) is 1.62. The van der Waals surface area contributed by atoms with Crippen molar-refractivity contribution in [2.24, 2.45) is 7.05 Å². The number of aromatic nitrogens is 1. The van der Waals surface area contributed by atoms with Gasteiger partial charge in [0.2, 0.25) is 5.69 Å². The molecular formula is C14H16N+. The average Bonchev–Trinajstić information content (AvgIpc) is 2.35. The van der Waals surface area contributed by atoms with Gasteiger partial charge in [0, 0.05) is 21.3 Å². The molecule has 1 aromatic carbocycles. The summed E-state index contributed by atoms with van der Waals surface area (Å²) < 4.78 is 39.7. The van der Waals surface area contributed by atoms with Gasteiger partial charge in [0.05, 0.1) is 1.37 Å². The minimum absolute atomic E-state index is 0.0303. The first kappa shape index (κ1) is 5.45. The molecule has 0 radical (unpaired) electrons. The van der Waals surface area contributed by atoms with Gasteiger partial charge < -0.3 is 0 Å². The van der Waals surface area contributed by atoms with Crippen molar-refractivity contribution >= 4 is 0 Å². The van der Waals surface area contributed by atoms with Crippen molar-refractivity contribution in [2.45, 2.75) is 13.8 Å². The van der Waals surface area contributed by atoms with Crippen molar-refractivity contribution < 1.29 is 11.4 Å². The molecule has 0 aliphatic rings. The topological polar surface area (TPSA) is 3.88 Å². The molecule has 0 saturated heterocycles. The predicted octanol–water partition coefficient (Wildman–Crippen LogP) is 2.79. The van der Waals surface area contributed by atoms with E-state index < -0.39 is 6.85 Å². The van der Waals surface area contributed by atoms with Crippen LogP contribution in [0.3, 0.4) is 0 Å². The Labute approximate surface area is 98.0 Å². The van der Waals surface area contributed by atoms with Crippen LogP contribution in [0.15, 0.2) is 42.5 Å². The summed E-state index contributed by atoms with van der Waals surface area (Å²) in [5, 5.41) is 0. The number of nitrogens with zero attached hydrogens (tertiary/aromatic N) is 1. The maximum atomic E-state index is 8.02. The van der Waals surface area contributed by atoms with Crippen molar-refractivity contribution in [1.29, 1.82) is 0 Å². The van der Waals surface area contributed by atoms with Crippen LogP contribution < -0.4 is 4.57 Å². The van der Waals surface area contributed by atoms with Crippen LogP contribution >= 0.6 is 0 Å². The van der Waals surface area contributed by atoms with E-state index in [1.807, 2.05) is 13.0 Å². The lowest BCUT2D eigenvalue weighted by Crippen LogP contribution is -2.30. The molecule has 0 amide bonds. The Morgan fingerprint density at radius 3 is 2.93 bits per heavy atom. The van der Waals surface area contributed by atoms with Crippen LogP contribution in [-0.2, 0) is 7.05 Å². The van der Waals surface area contributed by atoms with Crippen molar-refractivity contribution in [3.63, 3.8) is 0 Å². The summed E-state index contributed by atoms with van der Waals surface area (Å²) in [6.45, 7) is -0.446. The molecule has 1 heteroatoms. The van der Waals surface area contributed by atoms with Gasteiger partial charge in [-0.05, 0) is 31.5 Å². The Morgan fingerprint density at radius 1 is 1.27 bits per heavy atom. The number of aryl methyl sites for hydroxylation is 1. The van der Waals surface area contributed by atoms with E-state index in [4.69, 9.17) is 6.85 Å². The molecule has 15 heavy (non-hydrogen) atoms. The largest absolute Gasteiger partial charge is 0.212 e. The summed E-state index contributed by atoms with van der Waals surface area (Å²) in [6.07, 6.45) is -0.0303. The van der Waals surface area contributed by atoms with Crippen LogP contribution in [0.4, 0.5) is 0 Å². The number of pyridine rings is 1. The van der Waals surface area contributed by atoms with E-state index >= 15 is 0 Å². The van der Waals surface area contributed by atoms with Crippen LogP contribution in [0.5, 0.6) is 0 Å². The van der Waals surface area contributed by atoms with E-state index in [0.29, 0.717) is 6.04 Å². The first-order chi connectivity index (χ1) is 9.23. The molecule has 0 unspecified atom stereocenters. The maximum absolute atomic E-state index is 8.02. The lowest BCUT2D eigenvalue weighted by atomic mass is 10.0. The van der Waals surface area contributed by atoms with Gasteiger partial charge in [-0.25, -0.2) is 4.57 Å². The third-order valence-corrected chi connectivity index (χ3v) is 2.40. The lowest BCUT2D eigenvalue weighted by molar-refractivity contribution is -0.660. The summed E-state index contributed by atoms with van der Waals surface area (Å²) >= 11 is 0. The van der Waals surface area contributed by atoms with E-state index in [1.165, 1.54) is 6.07 Å². The summed E-state index contributed by atoms with van der Waals surface area (Å²) in [7, 11) is 1.67. The lowest BCUT2D eigenvalue weighted by Gasteiger charge is -2.03. The van der Waals surface area contributed by atoms with Gasteiger partial charge in [0.25, 0.3) is 0 Å². The predicted molar refractivity (Wildman–Crippen MR) is 62.5 cm³/mol. The van der Waals surface area contributed by atoms with Crippen molar-refractivity contribution in [2.75, 3.05) is 0 Å². The number of rotatable bonds is 1. The Kier molecular flexibility index (Phi) is 1.40. The minimum Gasteiger partial charge on any atom is -0.201 e. The summed E-state index contributed by atoms with van der Waals surface area (Å²) in [4.78, 5) is 0. The van der Waals surface area contributed by atoms with Gasteiger partial charge in [0.15, 0.2) is 6.17 Å². The van der Waals surface area contributed by atoms with Gasteiger partial charge in [-0.2, -0.15) is 0 Å². The molecule has 2 rings (SSSR count). The van der Waals surface area contributed by atoms with Crippen LogP contribution in [0.1, 0.15) is 18.0 Å². The van der Waals surface area contributed by atoms with Crippen LogP contribution in [0.25, 0.3) is 11.3 Å². The molecule has 0 aliphatic heterocycles. The SMILES string of the molecule is [2H]c1cccc(-c2ccc(C([2H])([2H])[2H])c([2H])[n+]2C)c1C. The van der Waals surface area contributed by atoms with Gasteiger partial charge in [-0.1, -0.05) is 18.2 Å². The number of hydrogen-bond donors (Lipinski definition) is 0. The van der Waals surface area contributed by atoms with Gasteiger partial charge in [-0.3, -0.25) is 0 Å². The first-order valence-corrected chi connectivity index (χ1v) is 4.80. The molecule has 76 valence electrons. The van der Waals surface area contributed by atoms with Gasteiger partial charge >= 0.3 is 0 Å². The second kappa shape index (κ2) is 3.85. The molecule has 0 atom stereocenters. The van der Waals surface area contributed by atoms with Crippen molar-refractivity contribution in [3.05, 3.63) is 53.7 Å². The van der Waals surface area contributed by atoms with Crippen LogP contribution in [0, 0.1) is 13.8 Å². The molecular weight excluding hydrogens is 182 g/mol. The van der Waals surface area contributed by atoms with Crippen LogP contribution in [-0.4, -0.2) is 0 Å². The first-order valence-electron chi connectivity index (χ1n) is 7.30. The third kappa shape index (κ3) is 1.91. The molecule has 0 N–H and O–H groups in total. The van der Waals surface area contributed by atoms with Crippen LogP contribution in [0.2, 0.25) is 0 Å². The molecule has 1 aromatic heterocycles. The smallest absolute Gasteiger partial charge is 0.201 e. The molecule has 0 saturated carbocycles. The summed E-state index contributed by atoms with van der Waals surface area (Å²) in [5.41, 5.74) is 2.41. The summed E-state index contributed by atoms with van der Waals surface area (Å²) in [6, 6.07) is 8.96. The zero-order chi connectivity index (χ0) is 15.1. The van der Waals surface area contributed by atoms with Gasteiger partial charge in [0.1, 0.15) is 8.42 Å². The quantitative estimate of drug-likeness (QED) is 0.627. The third-order valence-electron chi connectivity index (χ3n) is 2.40. The highest BCUT2D eigenvalue weighted by molar-refractivity contribution is 5.60. The number of benzene rings is 1. The fraction of sp³-hybridized carbons (Fsp3) is 0.214. The van der Waals surface area contributed by atoms with Crippen molar-refractivity contribution in [1.82, 2.24) is 0 Å². The van der Waals surface area contributed by atoms with E-state index in [0.717, 1.165) is 16.8 Å².